The first kappa shape index (κ1) is 25.4. The van der Waals surface area contributed by atoms with E-state index in [-0.39, 0.29) is 0 Å². The van der Waals surface area contributed by atoms with Crippen molar-refractivity contribution in [1.82, 2.24) is 9.13 Å². The van der Waals surface area contributed by atoms with Crippen LogP contribution in [0.3, 0.4) is 0 Å². The molecule has 0 bridgehead atoms. The maximum absolute atomic E-state index is 4.61. The number of imidazole rings is 2. The molecule has 0 aliphatic heterocycles. The van der Waals surface area contributed by atoms with Crippen molar-refractivity contribution in [3.05, 3.63) is 95.3 Å². The summed E-state index contributed by atoms with van der Waals surface area (Å²) in [4.78, 5) is 0. The normalized spacial score (nSPS) is 11.0. The second-order valence-electron chi connectivity index (χ2n) is 9.21. The van der Waals surface area contributed by atoms with Crippen molar-refractivity contribution in [3.63, 3.8) is 0 Å². The second-order valence-corrected chi connectivity index (χ2v) is 9.21. The van der Waals surface area contributed by atoms with E-state index in [1.165, 1.54) is 38.9 Å². The van der Waals surface area contributed by atoms with Crippen molar-refractivity contribution in [1.29, 1.82) is 0 Å². The number of aryl methyl sites for hydroxylation is 7. The average Bonchev–Trinajstić information content (AvgIpc) is 3.38. The standard InChI is InChI=1S/C29H29N4.ClH.Pt/c1-19-10-22(4)29(23(5)11-19)24-14-25(32-9-8-30(6)17-32)16-26(15-24)33-18-31(7)27-12-20(2)21(3)13-28(27)33;;/h8-15H,1-7H3;1H;/q-1;;+1/p-1. The topological polar surface area (TPSA) is 17.6 Å². The molecule has 0 fully saturated rings. The van der Waals surface area contributed by atoms with Crippen LogP contribution < -0.4 is 9.13 Å². The van der Waals surface area contributed by atoms with Crippen LogP contribution in [0, 0.1) is 53.3 Å². The molecule has 0 atom stereocenters. The van der Waals surface area contributed by atoms with E-state index in [2.05, 4.69) is 108 Å². The fraction of sp³-hybridized carbons (Fsp3) is 0.241. The quantitative estimate of drug-likeness (QED) is 0.183. The van der Waals surface area contributed by atoms with Gasteiger partial charge < -0.3 is 18.3 Å². The fourth-order valence-corrected chi connectivity index (χ4v) is 4.78. The molecule has 2 aromatic heterocycles. The Morgan fingerprint density at radius 2 is 1.40 bits per heavy atom. The third-order valence-electron chi connectivity index (χ3n) is 6.45. The van der Waals surface area contributed by atoms with Gasteiger partial charge in [0.15, 0.2) is 0 Å². The van der Waals surface area contributed by atoms with Gasteiger partial charge in [0.25, 0.3) is 0 Å². The third-order valence-corrected chi connectivity index (χ3v) is 6.45. The first-order valence-corrected chi connectivity index (χ1v) is 14.2. The van der Waals surface area contributed by atoms with Gasteiger partial charge in [-0.25, -0.2) is 0 Å². The van der Waals surface area contributed by atoms with Gasteiger partial charge in [-0.15, -0.1) is 5.56 Å². The minimum absolute atomic E-state index is 0.948. The predicted octanol–water partition coefficient (Wildman–Crippen LogP) is 5.37. The van der Waals surface area contributed by atoms with Gasteiger partial charge in [-0.2, -0.15) is 18.2 Å². The molecule has 0 spiro atoms. The molecule has 5 aromatic rings. The summed E-state index contributed by atoms with van der Waals surface area (Å²) in [6, 6.07) is 17.0. The molecular weight excluding hydrogens is 635 g/mol. The minimum atomic E-state index is 0.948. The van der Waals surface area contributed by atoms with E-state index in [0.717, 1.165) is 22.4 Å². The maximum atomic E-state index is 4.61. The Bertz CT molecular complexity index is 1520. The van der Waals surface area contributed by atoms with Crippen LogP contribution in [0.2, 0.25) is 0 Å². The van der Waals surface area contributed by atoms with Gasteiger partial charge in [0, 0.05) is 12.4 Å². The van der Waals surface area contributed by atoms with Crippen molar-refractivity contribution >= 4 is 20.5 Å². The molecule has 0 aliphatic rings. The number of benzene rings is 3. The third kappa shape index (κ3) is 4.87. The Hall–Kier alpha value is -2.68. The van der Waals surface area contributed by atoms with Crippen LogP contribution in [0.5, 0.6) is 0 Å². The van der Waals surface area contributed by atoms with Crippen LogP contribution in [-0.2, 0) is 32.9 Å². The van der Waals surface area contributed by atoms with Crippen LogP contribution in [0.4, 0.5) is 0 Å². The molecule has 0 aliphatic carbocycles. The van der Waals surface area contributed by atoms with Crippen molar-refractivity contribution in [2.24, 2.45) is 14.1 Å². The van der Waals surface area contributed by atoms with Crippen molar-refractivity contribution < 1.29 is 27.9 Å². The Morgan fingerprint density at radius 3 is 2.03 bits per heavy atom. The van der Waals surface area contributed by atoms with Gasteiger partial charge in [-0.1, -0.05) is 52.3 Å². The van der Waals surface area contributed by atoms with E-state index >= 15 is 0 Å². The van der Waals surface area contributed by atoms with Gasteiger partial charge >= 0.3 is 28.2 Å². The molecule has 35 heavy (non-hydrogen) atoms. The van der Waals surface area contributed by atoms with Gasteiger partial charge in [-0.3, -0.25) is 0 Å². The van der Waals surface area contributed by atoms with Crippen molar-refractivity contribution in [2.75, 3.05) is 0 Å². The summed E-state index contributed by atoms with van der Waals surface area (Å²) in [7, 11) is 8.64. The zero-order valence-corrected chi connectivity index (χ0v) is 24.1. The summed E-state index contributed by atoms with van der Waals surface area (Å²) >= 11 is 1.61. The molecule has 5 rings (SSSR count). The van der Waals surface area contributed by atoms with Gasteiger partial charge in [0.05, 0.1) is 25.1 Å². The average molecular weight is 664 g/mol. The molecule has 183 valence electrons. The zero-order valence-electron chi connectivity index (χ0n) is 21.1. The monoisotopic (exact) mass is 663 g/mol. The van der Waals surface area contributed by atoms with E-state index in [1.54, 1.807) is 18.8 Å². The van der Waals surface area contributed by atoms with Gasteiger partial charge in [-0.05, 0) is 51.3 Å². The Balaban J connectivity index is 0.00000141. The van der Waals surface area contributed by atoms with E-state index in [4.69, 9.17) is 0 Å². The number of nitrogens with zero attached hydrogens (tertiary/aromatic N) is 4. The molecule has 6 heteroatoms. The molecular formula is C29H29ClN4Pt-. The fourth-order valence-electron chi connectivity index (χ4n) is 4.78. The SMILES string of the molecule is Cc1cc(C)c(-c2cc(-[n+]3[c-]n(C)cc3)[c-]c(-[n+]3[c-]n(C)c4cc(C)c(C)cc43)c2)c(C)c1.[Cl][Pt]. The summed E-state index contributed by atoms with van der Waals surface area (Å²) < 4.78 is 8.10. The number of halogens is 1. The molecule has 0 amide bonds. The van der Waals surface area contributed by atoms with Crippen LogP contribution in [-0.4, -0.2) is 9.13 Å². The molecule has 0 N–H and O–H groups in total. The number of fused-ring (bicyclic) bond motifs is 1. The second kappa shape index (κ2) is 10.1. The molecule has 0 radical (unpaired) electrons. The molecule has 3 aromatic carbocycles. The summed E-state index contributed by atoms with van der Waals surface area (Å²) in [5.41, 5.74) is 13.0. The number of rotatable bonds is 3. The molecule has 0 unspecified atom stereocenters. The van der Waals surface area contributed by atoms with Crippen molar-refractivity contribution in [3.8, 4) is 22.5 Å². The summed E-state index contributed by atoms with van der Waals surface area (Å²) in [5, 5.41) is 0. The van der Waals surface area contributed by atoms with E-state index in [1.807, 2.05) is 35.6 Å². The predicted molar refractivity (Wildman–Crippen MR) is 136 cm³/mol. The number of aromatic nitrogens is 4. The van der Waals surface area contributed by atoms with Gasteiger partial charge in [0.1, 0.15) is 0 Å². The summed E-state index contributed by atoms with van der Waals surface area (Å²) in [6.07, 6.45) is 10.8. The summed E-state index contributed by atoms with van der Waals surface area (Å²) in [6.45, 7) is 10.8. The first-order valence-electron chi connectivity index (χ1n) is 11.4. The summed E-state index contributed by atoms with van der Waals surface area (Å²) in [5.74, 6) is 0. The zero-order chi connectivity index (χ0) is 25.4. The molecule has 2 heterocycles. The Kier molecular flexibility index (Phi) is 7.35. The number of hydrogen-bond acceptors (Lipinski definition) is 0. The van der Waals surface area contributed by atoms with Gasteiger partial charge in [0.2, 0.25) is 12.7 Å². The van der Waals surface area contributed by atoms with Crippen LogP contribution in [0.15, 0.2) is 48.8 Å². The van der Waals surface area contributed by atoms with E-state index in [9.17, 15) is 0 Å². The Morgan fingerprint density at radius 1 is 0.771 bits per heavy atom. The van der Waals surface area contributed by atoms with E-state index in [0.29, 0.717) is 0 Å². The Labute approximate surface area is 223 Å². The van der Waals surface area contributed by atoms with Crippen LogP contribution in [0.25, 0.3) is 33.5 Å². The molecule has 0 saturated carbocycles. The molecule has 0 saturated heterocycles. The molecule has 4 nitrogen and oxygen atoms in total. The van der Waals surface area contributed by atoms with E-state index < -0.39 is 0 Å². The van der Waals surface area contributed by atoms with Crippen molar-refractivity contribution in [2.45, 2.75) is 34.6 Å². The van der Waals surface area contributed by atoms with Crippen LogP contribution in [0.1, 0.15) is 27.8 Å². The number of hydrogen-bond donors (Lipinski definition) is 0. The van der Waals surface area contributed by atoms with Crippen LogP contribution >= 0.6 is 9.42 Å². The first-order chi connectivity index (χ1) is 16.7.